The quantitative estimate of drug-likeness (QED) is 0.583. The van der Waals surface area contributed by atoms with Crippen molar-refractivity contribution < 1.29 is 4.79 Å². The number of halogens is 1. The van der Waals surface area contributed by atoms with Crippen molar-refractivity contribution in [1.82, 2.24) is 4.98 Å². The zero-order valence-corrected chi connectivity index (χ0v) is 10.5. The number of carbonyl (C=O) groups is 1. The fraction of sp³-hybridized carbons (Fsp3) is 0.333. The number of nitrogens with zero attached hydrogens (tertiary/aromatic N) is 2. The van der Waals surface area contributed by atoms with E-state index < -0.39 is 0 Å². The van der Waals surface area contributed by atoms with Gasteiger partial charge < -0.3 is 4.90 Å². The van der Waals surface area contributed by atoms with Crippen molar-refractivity contribution in [3.8, 4) is 12.3 Å². The summed E-state index contributed by atoms with van der Waals surface area (Å²) in [5, 5.41) is 0. The Morgan fingerprint density at radius 1 is 1.69 bits per heavy atom. The smallest absolute Gasteiger partial charge is 0.228 e. The van der Waals surface area contributed by atoms with Gasteiger partial charge in [-0.25, -0.2) is 4.98 Å². The van der Waals surface area contributed by atoms with E-state index in [2.05, 4.69) is 26.8 Å². The Morgan fingerprint density at radius 3 is 3.06 bits per heavy atom. The predicted octanol–water partition coefficient (Wildman–Crippen LogP) is 2.14. The van der Waals surface area contributed by atoms with Crippen LogP contribution in [0.4, 0.5) is 5.69 Å². The lowest BCUT2D eigenvalue weighted by molar-refractivity contribution is -0.117. The van der Waals surface area contributed by atoms with Gasteiger partial charge in [0.2, 0.25) is 5.91 Å². The van der Waals surface area contributed by atoms with Gasteiger partial charge in [0.25, 0.3) is 0 Å². The van der Waals surface area contributed by atoms with Crippen LogP contribution in [0.25, 0.3) is 0 Å². The SMILES string of the molecule is C#CC1CC(=O)N(c2cc(C)cnc2Br)C1. The minimum atomic E-state index is 0.0138. The maximum Gasteiger partial charge on any atom is 0.228 e. The highest BCUT2D eigenvalue weighted by atomic mass is 79.9. The van der Waals surface area contributed by atoms with Crippen LogP contribution in [-0.2, 0) is 4.79 Å². The standard InChI is InChI=1S/C12H11BrN2O/c1-3-9-5-11(16)15(7-9)10-4-8(2)6-14-12(10)13/h1,4,6,9H,5,7H2,2H3. The highest BCUT2D eigenvalue weighted by Gasteiger charge is 2.30. The van der Waals surface area contributed by atoms with Gasteiger partial charge in [-0.1, -0.05) is 0 Å². The van der Waals surface area contributed by atoms with Gasteiger partial charge >= 0.3 is 0 Å². The highest BCUT2D eigenvalue weighted by molar-refractivity contribution is 9.10. The molecule has 3 nitrogen and oxygen atoms in total. The molecule has 82 valence electrons. The van der Waals surface area contributed by atoms with Crippen LogP contribution in [0.1, 0.15) is 12.0 Å². The van der Waals surface area contributed by atoms with Gasteiger partial charge in [0.05, 0.1) is 5.69 Å². The van der Waals surface area contributed by atoms with Gasteiger partial charge in [0.15, 0.2) is 0 Å². The lowest BCUT2D eigenvalue weighted by Crippen LogP contribution is -2.25. The number of aromatic nitrogens is 1. The average molecular weight is 279 g/mol. The molecule has 2 heterocycles. The number of terminal acetylenes is 1. The van der Waals surface area contributed by atoms with Crippen molar-refractivity contribution in [2.24, 2.45) is 5.92 Å². The number of pyridine rings is 1. The molecule has 0 aromatic carbocycles. The lowest BCUT2D eigenvalue weighted by Gasteiger charge is -2.17. The van der Waals surface area contributed by atoms with Gasteiger partial charge in [-0.2, -0.15) is 0 Å². The number of aryl methyl sites for hydroxylation is 1. The highest BCUT2D eigenvalue weighted by Crippen LogP contribution is 2.30. The molecule has 0 bridgehead atoms. The second-order valence-electron chi connectivity index (χ2n) is 3.89. The third-order valence-corrected chi connectivity index (χ3v) is 3.22. The molecule has 1 aliphatic rings. The number of rotatable bonds is 1. The van der Waals surface area contributed by atoms with Crippen molar-refractivity contribution in [2.45, 2.75) is 13.3 Å². The first-order chi connectivity index (χ1) is 7.61. The van der Waals surface area contributed by atoms with E-state index in [9.17, 15) is 4.79 Å². The summed E-state index contributed by atoms with van der Waals surface area (Å²) in [5.41, 5.74) is 1.83. The second-order valence-corrected chi connectivity index (χ2v) is 4.65. The topological polar surface area (TPSA) is 33.2 Å². The van der Waals surface area contributed by atoms with E-state index in [1.165, 1.54) is 0 Å². The molecule has 0 aliphatic carbocycles. The summed E-state index contributed by atoms with van der Waals surface area (Å²) < 4.78 is 0.684. The molecule has 2 rings (SSSR count). The number of hydrogen-bond donors (Lipinski definition) is 0. The molecule has 16 heavy (non-hydrogen) atoms. The van der Waals surface area contributed by atoms with Gasteiger partial charge in [-0.15, -0.1) is 12.3 Å². The summed E-state index contributed by atoms with van der Waals surface area (Å²) in [5.74, 6) is 2.71. The van der Waals surface area contributed by atoms with E-state index >= 15 is 0 Å². The first-order valence-electron chi connectivity index (χ1n) is 5.00. The van der Waals surface area contributed by atoms with Crippen molar-refractivity contribution >= 4 is 27.5 Å². The van der Waals surface area contributed by atoms with Crippen LogP contribution < -0.4 is 4.90 Å². The number of carbonyl (C=O) groups excluding carboxylic acids is 1. The van der Waals surface area contributed by atoms with E-state index in [1.54, 1.807) is 11.1 Å². The number of hydrogen-bond acceptors (Lipinski definition) is 2. The summed E-state index contributed by atoms with van der Waals surface area (Å²) in [6.07, 6.45) is 7.53. The molecular weight excluding hydrogens is 268 g/mol. The van der Waals surface area contributed by atoms with Gasteiger partial charge in [0.1, 0.15) is 4.60 Å². The molecule has 1 saturated heterocycles. The molecule has 1 fully saturated rings. The maximum atomic E-state index is 11.8. The Balaban J connectivity index is 2.35. The van der Waals surface area contributed by atoms with Crippen LogP contribution in [0.15, 0.2) is 16.9 Å². The van der Waals surface area contributed by atoms with Crippen LogP contribution in [0.2, 0.25) is 0 Å². The molecule has 0 N–H and O–H groups in total. The maximum absolute atomic E-state index is 11.8. The first kappa shape index (κ1) is 11.2. The number of amides is 1. The molecular formula is C12H11BrN2O. The Hall–Kier alpha value is -1.34. The van der Waals surface area contributed by atoms with E-state index in [0.29, 0.717) is 17.6 Å². The molecule has 4 heteroatoms. The Kier molecular flexibility index (Phi) is 2.97. The molecule has 1 aromatic heterocycles. The molecule has 0 saturated carbocycles. The Labute approximate surface area is 103 Å². The fourth-order valence-corrected chi connectivity index (χ4v) is 2.21. The molecule has 1 aromatic rings. The van der Waals surface area contributed by atoms with E-state index in [-0.39, 0.29) is 11.8 Å². The van der Waals surface area contributed by atoms with Crippen molar-refractivity contribution in [3.05, 3.63) is 22.4 Å². The third kappa shape index (κ3) is 1.96. The normalized spacial score (nSPS) is 19.9. The Morgan fingerprint density at radius 2 is 2.44 bits per heavy atom. The predicted molar refractivity (Wildman–Crippen MR) is 66.0 cm³/mol. The second kappa shape index (κ2) is 4.26. The summed E-state index contributed by atoms with van der Waals surface area (Å²) in [7, 11) is 0. The van der Waals surface area contributed by atoms with Crippen LogP contribution in [0.3, 0.4) is 0 Å². The largest absolute Gasteiger partial charge is 0.309 e. The molecule has 1 unspecified atom stereocenters. The van der Waals surface area contributed by atoms with Crippen LogP contribution >= 0.6 is 15.9 Å². The minimum absolute atomic E-state index is 0.0138. The Bertz CT molecular complexity index is 478. The van der Waals surface area contributed by atoms with Crippen molar-refractivity contribution in [3.63, 3.8) is 0 Å². The summed E-state index contributed by atoms with van der Waals surface area (Å²) in [4.78, 5) is 17.7. The lowest BCUT2D eigenvalue weighted by atomic mass is 10.1. The molecule has 1 aliphatic heterocycles. The summed E-state index contributed by atoms with van der Waals surface area (Å²) in [6, 6.07) is 1.94. The van der Waals surface area contributed by atoms with E-state index in [1.807, 2.05) is 13.0 Å². The van der Waals surface area contributed by atoms with Crippen LogP contribution in [-0.4, -0.2) is 17.4 Å². The minimum Gasteiger partial charge on any atom is -0.309 e. The average Bonchev–Trinajstić information content (AvgIpc) is 2.63. The molecule has 1 amide bonds. The first-order valence-corrected chi connectivity index (χ1v) is 5.79. The van der Waals surface area contributed by atoms with Gasteiger partial charge in [0, 0.05) is 25.1 Å². The third-order valence-electron chi connectivity index (χ3n) is 2.61. The van der Waals surface area contributed by atoms with Crippen LogP contribution in [0.5, 0.6) is 0 Å². The van der Waals surface area contributed by atoms with E-state index in [4.69, 9.17) is 6.42 Å². The molecule has 0 spiro atoms. The van der Waals surface area contributed by atoms with Crippen LogP contribution in [0, 0.1) is 25.2 Å². The summed E-state index contributed by atoms with van der Waals surface area (Å²) in [6.45, 7) is 2.53. The zero-order chi connectivity index (χ0) is 11.7. The van der Waals surface area contributed by atoms with Crippen molar-refractivity contribution in [2.75, 3.05) is 11.4 Å². The fourth-order valence-electron chi connectivity index (χ4n) is 1.78. The molecule has 1 atom stereocenters. The summed E-state index contributed by atoms with van der Waals surface area (Å²) >= 11 is 3.35. The number of anilines is 1. The van der Waals surface area contributed by atoms with E-state index in [0.717, 1.165) is 11.3 Å². The van der Waals surface area contributed by atoms with Gasteiger partial charge in [-0.3, -0.25) is 4.79 Å². The molecule has 0 radical (unpaired) electrons. The van der Waals surface area contributed by atoms with Gasteiger partial charge in [-0.05, 0) is 34.5 Å². The van der Waals surface area contributed by atoms with Crippen molar-refractivity contribution in [1.29, 1.82) is 0 Å². The monoisotopic (exact) mass is 278 g/mol. The zero-order valence-electron chi connectivity index (χ0n) is 8.90.